The molecule has 5 rings (SSSR count). The van der Waals surface area contributed by atoms with E-state index in [1.807, 2.05) is 0 Å². The van der Waals surface area contributed by atoms with Crippen LogP contribution in [-0.2, 0) is 39.7 Å². The summed E-state index contributed by atoms with van der Waals surface area (Å²) in [6, 6.07) is 12.0. The van der Waals surface area contributed by atoms with Crippen LogP contribution in [0.3, 0.4) is 0 Å². The van der Waals surface area contributed by atoms with Gasteiger partial charge in [-0.05, 0) is 82.3 Å². The third-order valence-electron chi connectivity index (χ3n) is 5.94. The Balaban J connectivity index is 0.00000300. The van der Waals surface area contributed by atoms with Gasteiger partial charge in [0.2, 0.25) is 16.7 Å². The fraction of sp³-hybridized carbons (Fsp3) is 0. The molecule has 0 amide bonds. The van der Waals surface area contributed by atoms with Crippen LogP contribution in [0, 0.1) is 4.77 Å². The van der Waals surface area contributed by atoms with Gasteiger partial charge < -0.3 is 29.5 Å². The molecule has 0 radical (unpaired) electrons. The van der Waals surface area contributed by atoms with Crippen LogP contribution in [0.25, 0.3) is 21.5 Å². The maximum atomic E-state index is 11.8. The van der Waals surface area contributed by atoms with Crippen LogP contribution in [0.1, 0.15) is 0 Å². The van der Waals surface area contributed by atoms with E-state index in [1.54, 1.807) is 0 Å². The molecule has 49 heavy (non-hydrogen) atoms. The zero-order chi connectivity index (χ0) is 32.7. The molecule has 236 valence electrons. The molecule has 0 saturated carbocycles. The van der Waals surface area contributed by atoms with Crippen LogP contribution < -0.4 is 134 Å². The number of H-pyrrole nitrogens is 1. The summed E-state index contributed by atoms with van der Waals surface area (Å²) in [4.78, 5) is 8.62. The monoisotopic (exact) mass is 803 g/mol. The molecule has 0 unspecified atom stereocenters. The summed E-state index contributed by atoms with van der Waals surface area (Å²) in [7, 11) is -15.2. The Bertz CT molecular complexity index is 2400. The van der Waals surface area contributed by atoms with Crippen molar-refractivity contribution in [2.24, 2.45) is 0 Å². The van der Waals surface area contributed by atoms with Crippen molar-refractivity contribution < 1.29 is 172 Å². The second-order valence-corrected chi connectivity index (χ2v) is 14.1. The van der Waals surface area contributed by atoms with E-state index in [-0.39, 0.29) is 167 Å². The van der Waals surface area contributed by atoms with Crippen molar-refractivity contribution >= 4 is 99.4 Å². The summed E-state index contributed by atoms with van der Waals surface area (Å²) in [5.74, 6) is 0.0255. The fourth-order valence-electron chi connectivity index (χ4n) is 4.21. The van der Waals surface area contributed by atoms with Gasteiger partial charge in [0, 0.05) is 16.3 Å². The molecule has 3 N–H and O–H groups in total. The predicted octanol–water partition coefficient (Wildman–Crippen LogP) is -9.71. The second-order valence-electron chi connectivity index (χ2n) is 8.87. The molecule has 0 aliphatic heterocycles. The molecule has 0 bridgehead atoms. The molecule has 0 saturated heterocycles. The quantitative estimate of drug-likeness (QED) is 0.0295. The minimum absolute atomic E-state index is 0. The van der Waals surface area contributed by atoms with Gasteiger partial charge in [0.25, 0.3) is 0 Å². The number of aromatic amines is 1. The predicted molar refractivity (Wildman–Crippen MR) is 154 cm³/mol. The zero-order valence-electron chi connectivity index (χ0n) is 25.6. The van der Waals surface area contributed by atoms with Gasteiger partial charge in [-0.3, -0.25) is 10.0 Å². The van der Waals surface area contributed by atoms with Gasteiger partial charge in [0.05, 0.1) is 26.7 Å². The number of rotatable bonds is 10. The Morgan fingerprint density at radius 3 is 1.59 bits per heavy atom. The molecule has 5 aromatic rings. The Kier molecular flexibility index (Phi) is 18.3. The first-order valence-electron chi connectivity index (χ1n) is 11.7. The summed E-state index contributed by atoms with van der Waals surface area (Å²) < 4.78 is 110. The molecule has 26 heteroatoms. The van der Waals surface area contributed by atoms with Crippen molar-refractivity contribution in [2.75, 3.05) is 10.6 Å². The maximum Gasteiger partial charge on any atom is 1.00 e. The molecular formula is C23H13N5Na4O12S5. The molecule has 1 aromatic heterocycles. The van der Waals surface area contributed by atoms with Crippen LogP contribution in [0.4, 0.5) is 23.3 Å². The van der Waals surface area contributed by atoms with E-state index in [0.29, 0.717) is 23.8 Å². The topological polar surface area (TPSA) is 279 Å². The van der Waals surface area contributed by atoms with Gasteiger partial charge >= 0.3 is 118 Å². The van der Waals surface area contributed by atoms with Gasteiger partial charge in [-0.15, -0.1) is 0 Å². The Morgan fingerprint density at radius 1 is 0.673 bits per heavy atom. The summed E-state index contributed by atoms with van der Waals surface area (Å²) in [5, 5.41) is 19.4. The fourth-order valence-corrected chi connectivity index (χ4v) is 6.97. The Labute approximate surface area is 376 Å². The number of benzene rings is 4. The summed E-state index contributed by atoms with van der Waals surface area (Å²) >= 11 is 5.51. The van der Waals surface area contributed by atoms with E-state index in [4.69, 9.17) is 12.2 Å². The van der Waals surface area contributed by atoms with Crippen LogP contribution >= 0.6 is 24.3 Å². The first kappa shape index (κ1) is 47.2. The molecule has 0 aliphatic rings. The number of hydrogen-bond acceptors (Lipinski definition) is 18. The third kappa shape index (κ3) is 12.1. The molecule has 0 atom stereocenters. The van der Waals surface area contributed by atoms with Crippen LogP contribution in [0.5, 0.6) is 0 Å². The Morgan fingerprint density at radius 2 is 1.14 bits per heavy atom. The van der Waals surface area contributed by atoms with E-state index in [2.05, 4.69) is 35.0 Å². The van der Waals surface area contributed by atoms with Crippen LogP contribution in [0.2, 0.25) is 0 Å². The minimum Gasteiger partial charge on any atom is -0.744 e. The number of hydrogen-bond donors (Lipinski definition) is 3. The smallest absolute Gasteiger partial charge is 0.744 e. The summed E-state index contributed by atoms with van der Waals surface area (Å²) in [6.07, 6.45) is 0. The van der Waals surface area contributed by atoms with Crippen molar-refractivity contribution in [1.29, 1.82) is 0 Å². The number of fused-ring (bicyclic) bond motifs is 2. The zero-order valence-corrected chi connectivity index (χ0v) is 37.7. The van der Waals surface area contributed by atoms with Crippen molar-refractivity contribution in [3.8, 4) is 0 Å². The van der Waals surface area contributed by atoms with E-state index in [9.17, 15) is 44.2 Å². The maximum absolute atomic E-state index is 11.8. The van der Waals surface area contributed by atoms with E-state index in [0.717, 1.165) is 12.1 Å². The molecule has 4 aromatic carbocycles. The van der Waals surface area contributed by atoms with Gasteiger partial charge in [0.15, 0.2) is 0 Å². The summed E-state index contributed by atoms with van der Waals surface area (Å²) in [6.45, 7) is 0. The number of anilines is 4. The van der Waals surface area contributed by atoms with Crippen molar-refractivity contribution in [3.05, 3.63) is 65.4 Å². The first-order chi connectivity index (χ1) is 21.0. The van der Waals surface area contributed by atoms with Gasteiger partial charge in [-0.1, -0.05) is 12.1 Å². The average Bonchev–Trinajstić information content (AvgIpc) is 2.93. The van der Waals surface area contributed by atoms with E-state index in [1.165, 1.54) is 42.5 Å². The largest absolute Gasteiger partial charge is 1.00 e. The van der Waals surface area contributed by atoms with Crippen LogP contribution in [-0.4, -0.2) is 53.9 Å². The number of aromatic nitrogens is 3. The molecule has 0 aliphatic carbocycles. The molecule has 0 spiro atoms. The molecule has 1 heterocycles. The van der Waals surface area contributed by atoms with Crippen molar-refractivity contribution in [2.45, 2.75) is 19.6 Å². The van der Waals surface area contributed by atoms with E-state index >= 15 is 0 Å². The van der Waals surface area contributed by atoms with Crippen molar-refractivity contribution in [3.63, 3.8) is 0 Å². The molecule has 17 nitrogen and oxygen atoms in total. The first-order valence-corrected chi connectivity index (χ1v) is 17.1. The van der Waals surface area contributed by atoms with E-state index < -0.39 is 45.0 Å². The molecule has 0 fully saturated rings. The SMILES string of the molecule is O=S(=O)([O-])c1cc(S(=O)(=O)[O-])c2ccc(Nc3nc(=S)nc(Nc4ccc5c(S(=O)(=O)[O-])cc(SOO[O-])cc5c4)[nH]3)cc2c1.[Na+].[Na+].[Na+].[Na+]. The normalized spacial score (nSPS) is 11.4. The standard InChI is InChI=1S/C23H17N5O12S5.4Na/c29-39-40-42-15-7-11-5-13(1-3-17(11)19(9-15)44(33,34)35)24-21-26-22(28-23(41)27-21)25-14-2-4-18-12(6-14)8-16(43(30,31)32)10-20(18)45(36,37)38;;;;/h1-10,29H,(H,30,31,32)(H,33,34,35)(H,36,37,38)(H3,24,25,26,27,28,41);;;;/q;4*+1/p-4. The minimum atomic E-state index is -5.15. The second kappa shape index (κ2) is 19.0. The van der Waals surface area contributed by atoms with Gasteiger partial charge in [-0.2, -0.15) is 14.3 Å². The number of nitrogens with one attached hydrogen (secondary N) is 3. The average molecular weight is 804 g/mol. The van der Waals surface area contributed by atoms with Crippen molar-refractivity contribution in [1.82, 2.24) is 15.0 Å². The van der Waals surface area contributed by atoms with Crippen LogP contribution in [0.15, 0.2) is 80.2 Å². The summed E-state index contributed by atoms with van der Waals surface area (Å²) in [5.41, 5.74) is 0.539. The van der Waals surface area contributed by atoms with Gasteiger partial charge in [0.1, 0.15) is 30.4 Å². The third-order valence-corrected chi connectivity index (χ3v) is 9.24. The Hall–Kier alpha value is 0.190. The number of nitrogens with zero attached hydrogens (tertiary/aromatic N) is 2. The molecular weight excluding hydrogens is 791 g/mol. The van der Waals surface area contributed by atoms with Gasteiger partial charge in [-0.25, -0.2) is 25.3 Å².